The standard InChI is InChI=1S/C25H34N6O2S/c1-17(2)20-14-23(28-25(27-20)29(3)4)31-11-9-30(10-12-31)15-19-16-34-24(26-19)18-7-8-21(32-5)22(13-18)33-6/h7-8,13-14,16-17H,9-12,15H2,1-6H3. The van der Waals surface area contributed by atoms with Crippen molar-refractivity contribution in [1.29, 1.82) is 0 Å². The second kappa shape index (κ2) is 10.6. The van der Waals surface area contributed by atoms with Crippen LogP contribution in [-0.2, 0) is 6.54 Å². The normalized spacial score (nSPS) is 14.5. The van der Waals surface area contributed by atoms with E-state index in [4.69, 9.17) is 24.4 Å². The number of piperazine rings is 1. The minimum atomic E-state index is 0.367. The van der Waals surface area contributed by atoms with Crippen LogP contribution in [0.5, 0.6) is 11.5 Å². The third-order valence-corrected chi connectivity index (χ3v) is 6.92. The van der Waals surface area contributed by atoms with Crippen LogP contribution in [0.3, 0.4) is 0 Å². The first kappa shape index (κ1) is 24.2. The lowest BCUT2D eigenvalue weighted by Crippen LogP contribution is -2.46. The summed E-state index contributed by atoms with van der Waals surface area (Å²) in [5.41, 5.74) is 3.23. The molecule has 182 valence electrons. The van der Waals surface area contributed by atoms with Crippen molar-refractivity contribution in [3.63, 3.8) is 0 Å². The maximum absolute atomic E-state index is 5.44. The molecule has 0 atom stereocenters. The minimum Gasteiger partial charge on any atom is -0.493 e. The Bertz CT molecular complexity index is 1080. The summed E-state index contributed by atoms with van der Waals surface area (Å²) in [7, 11) is 7.28. The number of benzene rings is 1. The Labute approximate surface area is 206 Å². The minimum absolute atomic E-state index is 0.367. The molecule has 1 saturated heterocycles. The lowest BCUT2D eigenvalue weighted by molar-refractivity contribution is 0.247. The van der Waals surface area contributed by atoms with E-state index in [-0.39, 0.29) is 0 Å². The molecular weight excluding hydrogens is 448 g/mol. The molecule has 34 heavy (non-hydrogen) atoms. The average molecular weight is 483 g/mol. The summed E-state index contributed by atoms with van der Waals surface area (Å²) < 4.78 is 10.8. The van der Waals surface area contributed by atoms with Gasteiger partial charge in [0, 0.05) is 63.8 Å². The van der Waals surface area contributed by atoms with Crippen molar-refractivity contribution in [2.24, 2.45) is 0 Å². The van der Waals surface area contributed by atoms with E-state index in [0.717, 1.165) is 77.9 Å². The van der Waals surface area contributed by atoms with Gasteiger partial charge in [0.2, 0.25) is 5.95 Å². The van der Waals surface area contributed by atoms with Crippen LogP contribution in [0.25, 0.3) is 10.6 Å². The van der Waals surface area contributed by atoms with E-state index >= 15 is 0 Å². The molecule has 1 aliphatic rings. The highest BCUT2D eigenvalue weighted by Gasteiger charge is 2.21. The van der Waals surface area contributed by atoms with E-state index in [9.17, 15) is 0 Å². The number of thiazole rings is 1. The van der Waals surface area contributed by atoms with Crippen LogP contribution in [0.2, 0.25) is 0 Å². The fourth-order valence-corrected chi connectivity index (χ4v) is 4.75. The number of nitrogens with zero attached hydrogens (tertiary/aromatic N) is 6. The number of hydrogen-bond donors (Lipinski definition) is 0. The van der Waals surface area contributed by atoms with Gasteiger partial charge in [0.1, 0.15) is 10.8 Å². The molecule has 0 bridgehead atoms. The third kappa shape index (κ3) is 5.42. The van der Waals surface area contributed by atoms with E-state index in [1.807, 2.05) is 37.2 Å². The molecule has 1 aliphatic heterocycles. The fourth-order valence-electron chi connectivity index (χ4n) is 3.94. The number of methoxy groups -OCH3 is 2. The second-order valence-corrected chi connectivity index (χ2v) is 9.84. The summed E-state index contributed by atoms with van der Waals surface area (Å²) in [6.45, 7) is 9.02. The topological polar surface area (TPSA) is 66.9 Å². The van der Waals surface area contributed by atoms with Gasteiger partial charge in [-0.1, -0.05) is 13.8 Å². The number of anilines is 2. The van der Waals surface area contributed by atoms with Crippen LogP contribution in [0.1, 0.15) is 31.2 Å². The van der Waals surface area contributed by atoms with Gasteiger partial charge < -0.3 is 19.3 Å². The maximum atomic E-state index is 5.44. The first-order valence-corrected chi connectivity index (χ1v) is 12.5. The molecule has 0 radical (unpaired) electrons. The van der Waals surface area contributed by atoms with Crippen LogP contribution in [0, 0.1) is 0 Å². The molecule has 0 aliphatic carbocycles. The van der Waals surface area contributed by atoms with E-state index in [1.165, 1.54) is 0 Å². The number of hydrogen-bond acceptors (Lipinski definition) is 9. The average Bonchev–Trinajstić information content (AvgIpc) is 3.32. The molecule has 3 heterocycles. The van der Waals surface area contributed by atoms with Gasteiger partial charge >= 0.3 is 0 Å². The summed E-state index contributed by atoms with van der Waals surface area (Å²) in [6, 6.07) is 8.07. The van der Waals surface area contributed by atoms with Crippen molar-refractivity contribution in [3.8, 4) is 22.1 Å². The van der Waals surface area contributed by atoms with Crippen LogP contribution < -0.4 is 19.3 Å². The van der Waals surface area contributed by atoms with Crippen LogP contribution in [-0.4, -0.2) is 74.3 Å². The van der Waals surface area contributed by atoms with Gasteiger partial charge in [-0.15, -0.1) is 11.3 Å². The predicted molar refractivity (Wildman–Crippen MR) is 139 cm³/mol. The highest BCUT2D eigenvalue weighted by Crippen LogP contribution is 2.33. The second-order valence-electron chi connectivity index (χ2n) is 8.98. The molecule has 8 nitrogen and oxygen atoms in total. The first-order valence-electron chi connectivity index (χ1n) is 11.6. The van der Waals surface area contributed by atoms with Crippen LogP contribution >= 0.6 is 11.3 Å². The first-order chi connectivity index (χ1) is 16.4. The zero-order valence-corrected chi connectivity index (χ0v) is 21.7. The lowest BCUT2D eigenvalue weighted by atomic mass is 10.1. The quantitative estimate of drug-likeness (QED) is 0.475. The molecule has 0 saturated carbocycles. The van der Waals surface area contributed by atoms with Crippen molar-refractivity contribution in [2.75, 3.05) is 64.3 Å². The monoisotopic (exact) mass is 482 g/mol. The van der Waals surface area contributed by atoms with Crippen molar-refractivity contribution in [2.45, 2.75) is 26.3 Å². The third-order valence-electron chi connectivity index (χ3n) is 5.98. The summed E-state index contributed by atoms with van der Waals surface area (Å²) in [4.78, 5) is 21.2. The van der Waals surface area contributed by atoms with Gasteiger partial charge in [-0.2, -0.15) is 4.98 Å². The fraction of sp³-hybridized carbons (Fsp3) is 0.480. The van der Waals surface area contributed by atoms with E-state index in [1.54, 1.807) is 25.6 Å². The van der Waals surface area contributed by atoms with Crippen LogP contribution in [0.4, 0.5) is 11.8 Å². The summed E-state index contributed by atoms with van der Waals surface area (Å²) >= 11 is 1.66. The van der Waals surface area contributed by atoms with Crippen molar-refractivity contribution in [3.05, 3.63) is 41.0 Å². The molecule has 2 aromatic heterocycles. The zero-order valence-electron chi connectivity index (χ0n) is 20.9. The van der Waals surface area contributed by atoms with Gasteiger partial charge in [0.25, 0.3) is 0 Å². The lowest BCUT2D eigenvalue weighted by Gasteiger charge is -2.35. The molecule has 3 aromatic rings. The summed E-state index contributed by atoms with van der Waals surface area (Å²) in [5, 5.41) is 3.15. The Hall–Kier alpha value is -2.91. The van der Waals surface area contributed by atoms with E-state index in [2.05, 4.69) is 35.1 Å². The Morgan fingerprint density at radius 1 is 0.971 bits per heavy atom. The highest BCUT2D eigenvalue weighted by molar-refractivity contribution is 7.13. The largest absolute Gasteiger partial charge is 0.493 e. The van der Waals surface area contributed by atoms with Crippen LogP contribution in [0.15, 0.2) is 29.6 Å². The van der Waals surface area contributed by atoms with Gasteiger partial charge in [-0.05, 0) is 24.1 Å². The van der Waals surface area contributed by atoms with Crippen molar-refractivity contribution < 1.29 is 9.47 Å². The molecule has 0 spiro atoms. The molecular formula is C25H34N6O2S. The maximum Gasteiger partial charge on any atom is 0.227 e. The predicted octanol–water partition coefficient (Wildman–Crippen LogP) is 4.13. The van der Waals surface area contributed by atoms with E-state index < -0.39 is 0 Å². The molecule has 1 aromatic carbocycles. The van der Waals surface area contributed by atoms with Gasteiger partial charge in [0.05, 0.1) is 25.6 Å². The van der Waals surface area contributed by atoms with E-state index in [0.29, 0.717) is 5.92 Å². The Morgan fingerprint density at radius 2 is 1.71 bits per heavy atom. The van der Waals surface area contributed by atoms with Crippen molar-refractivity contribution in [1.82, 2.24) is 19.9 Å². The number of aromatic nitrogens is 3. The highest BCUT2D eigenvalue weighted by atomic mass is 32.1. The Balaban J connectivity index is 1.40. The Morgan fingerprint density at radius 3 is 2.35 bits per heavy atom. The summed E-state index contributed by atoms with van der Waals surface area (Å²) in [5.74, 6) is 3.60. The molecule has 0 unspecified atom stereocenters. The molecule has 0 N–H and O–H groups in total. The number of rotatable bonds is 8. The summed E-state index contributed by atoms with van der Waals surface area (Å²) in [6.07, 6.45) is 0. The molecule has 9 heteroatoms. The number of ether oxygens (including phenoxy) is 2. The zero-order chi connectivity index (χ0) is 24.2. The van der Waals surface area contributed by atoms with Gasteiger partial charge in [-0.3, -0.25) is 4.90 Å². The van der Waals surface area contributed by atoms with Crippen molar-refractivity contribution >= 4 is 23.1 Å². The molecule has 1 fully saturated rings. The Kier molecular flexibility index (Phi) is 7.53. The SMILES string of the molecule is COc1ccc(-c2nc(CN3CCN(c4cc(C(C)C)nc(N(C)C)n4)CC3)cs2)cc1OC. The molecule has 0 amide bonds. The molecule has 4 rings (SSSR count). The van der Waals surface area contributed by atoms with Gasteiger partial charge in [-0.25, -0.2) is 9.97 Å². The smallest absolute Gasteiger partial charge is 0.227 e. The van der Waals surface area contributed by atoms with Gasteiger partial charge in [0.15, 0.2) is 11.5 Å².